The number of ether oxygens (including phenoxy) is 1. The van der Waals surface area contributed by atoms with Gasteiger partial charge >= 0.3 is 12.0 Å². The number of hydrogen-bond acceptors (Lipinski definition) is 4. The predicted octanol–water partition coefficient (Wildman–Crippen LogP) is 0.810. The van der Waals surface area contributed by atoms with Crippen molar-refractivity contribution in [3.05, 3.63) is 29.3 Å². The Kier molecular flexibility index (Phi) is 7.15. The number of likely N-dealkylation sites (tertiary alicyclic amines) is 1. The highest BCUT2D eigenvalue weighted by molar-refractivity contribution is 6.01. The number of esters is 1. The van der Waals surface area contributed by atoms with Gasteiger partial charge in [-0.25, -0.2) is 4.79 Å². The first-order valence-corrected chi connectivity index (χ1v) is 9.07. The van der Waals surface area contributed by atoms with Crippen LogP contribution in [-0.2, 0) is 14.3 Å². The molecule has 1 unspecified atom stereocenters. The molecule has 0 saturated carbocycles. The normalized spacial score (nSPS) is 19.5. The van der Waals surface area contributed by atoms with Gasteiger partial charge in [-0.05, 0) is 56.9 Å². The molecular formula is C19H28N3O4+. The number of rotatable bonds is 5. The average molecular weight is 362 g/mol. The zero-order chi connectivity index (χ0) is 19.1. The molecule has 142 valence electrons. The van der Waals surface area contributed by atoms with Crippen LogP contribution >= 0.6 is 0 Å². The Bertz CT molecular complexity index is 675. The predicted molar refractivity (Wildman–Crippen MR) is 98.0 cm³/mol. The minimum Gasteiger partial charge on any atom is -0.466 e. The van der Waals surface area contributed by atoms with Gasteiger partial charge in [0.15, 0.2) is 6.54 Å². The monoisotopic (exact) mass is 362 g/mol. The number of nitrogens with one attached hydrogen (secondary N) is 3. The molecule has 7 heteroatoms. The Morgan fingerprint density at radius 3 is 2.69 bits per heavy atom. The summed E-state index contributed by atoms with van der Waals surface area (Å²) in [7, 11) is 0. The molecule has 2 rings (SSSR count). The van der Waals surface area contributed by atoms with Crippen LogP contribution in [0.3, 0.4) is 0 Å². The second-order valence-electron chi connectivity index (χ2n) is 6.77. The lowest BCUT2D eigenvalue weighted by Crippen LogP contribution is -3.14. The number of carbonyl (C=O) groups excluding carboxylic acids is 3. The molecule has 1 aliphatic rings. The number of aryl methyl sites for hydroxylation is 2. The van der Waals surface area contributed by atoms with E-state index in [1.807, 2.05) is 26.0 Å². The highest BCUT2D eigenvalue weighted by Gasteiger charge is 2.31. The fourth-order valence-corrected chi connectivity index (χ4v) is 3.15. The van der Waals surface area contributed by atoms with Gasteiger partial charge in [0.1, 0.15) is 5.92 Å². The Balaban J connectivity index is 1.80. The molecule has 0 bridgehead atoms. The molecule has 1 saturated heterocycles. The molecule has 3 N–H and O–H groups in total. The van der Waals surface area contributed by atoms with Crippen LogP contribution in [0.5, 0.6) is 0 Å². The second kappa shape index (κ2) is 9.33. The number of amides is 3. The van der Waals surface area contributed by atoms with Crippen LogP contribution in [0.1, 0.15) is 30.9 Å². The average Bonchev–Trinajstić information content (AvgIpc) is 2.58. The molecule has 0 spiro atoms. The molecule has 7 nitrogen and oxygen atoms in total. The van der Waals surface area contributed by atoms with Gasteiger partial charge < -0.3 is 15.0 Å². The van der Waals surface area contributed by atoms with E-state index in [0.29, 0.717) is 18.8 Å². The molecule has 1 aromatic carbocycles. The smallest absolute Gasteiger partial charge is 0.326 e. The van der Waals surface area contributed by atoms with Crippen LogP contribution in [0, 0.1) is 19.8 Å². The summed E-state index contributed by atoms with van der Waals surface area (Å²) < 4.78 is 5.07. The van der Waals surface area contributed by atoms with Gasteiger partial charge in [-0.3, -0.25) is 14.9 Å². The van der Waals surface area contributed by atoms with Crippen LogP contribution < -0.4 is 15.5 Å². The van der Waals surface area contributed by atoms with Gasteiger partial charge in [0.05, 0.1) is 19.7 Å². The molecule has 0 aromatic heterocycles. The Morgan fingerprint density at radius 2 is 2.00 bits per heavy atom. The summed E-state index contributed by atoms with van der Waals surface area (Å²) in [6, 6.07) is 5.03. The maximum absolute atomic E-state index is 12.1. The standard InChI is InChI=1S/C19H27N3O4/c1-4-26-18(24)15-6-5-9-22(11-15)12-17(23)21-19(25)20-16-8-7-13(2)14(3)10-16/h7-8,10,15H,4-6,9,11-12H2,1-3H3,(H2,20,21,23,25)/p+1/t15-/m1/s1. The lowest BCUT2D eigenvalue weighted by molar-refractivity contribution is -0.899. The molecule has 1 aliphatic heterocycles. The highest BCUT2D eigenvalue weighted by atomic mass is 16.5. The van der Waals surface area contributed by atoms with Crippen molar-refractivity contribution in [2.24, 2.45) is 5.92 Å². The fourth-order valence-electron chi connectivity index (χ4n) is 3.15. The van der Waals surface area contributed by atoms with E-state index in [2.05, 4.69) is 10.6 Å². The first-order valence-electron chi connectivity index (χ1n) is 9.07. The van der Waals surface area contributed by atoms with E-state index in [9.17, 15) is 14.4 Å². The summed E-state index contributed by atoms with van der Waals surface area (Å²) in [4.78, 5) is 37.0. The van der Waals surface area contributed by atoms with E-state index in [-0.39, 0.29) is 24.3 Å². The van der Waals surface area contributed by atoms with Crippen LogP contribution in [0.2, 0.25) is 0 Å². The van der Waals surface area contributed by atoms with E-state index in [1.165, 1.54) is 0 Å². The first-order chi connectivity index (χ1) is 12.4. The fraction of sp³-hybridized carbons (Fsp3) is 0.526. The van der Waals surface area contributed by atoms with Crippen LogP contribution in [0.15, 0.2) is 18.2 Å². The molecule has 1 heterocycles. The number of benzene rings is 1. The summed E-state index contributed by atoms with van der Waals surface area (Å²) in [5.74, 6) is -0.723. The molecule has 0 aliphatic carbocycles. The maximum atomic E-state index is 12.1. The van der Waals surface area contributed by atoms with Gasteiger partial charge in [0.2, 0.25) is 0 Å². The summed E-state index contributed by atoms with van der Waals surface area (Å²) in [6.07, 6.45) is 1.65. The van der Waals surface area contributed by atoms with Gasteiger partial charge in [0.25, 0.3) is 5.91 Å². The van der Waals surface area contributed by atoms with Crippen molar-refractivity contribution in [3.8, 4) is 0 Å². The van der Waals surface area contributed by atoms with Gasteiger partial charge in [-0.15, -0.1) is 0 Å². The van der Waals surface area contributed by atoms with Gasteiger partial charge in [-0.1, -0.05) is 6.07 Å². The number of anilines is 1. The third kappa shape index (κ3) is 5.84. The molecule has 3 amide bonds. The Hall–Kier alpha value is -2.41. The van der Waals surface area contributed by atoms with Gasteiger partial charge in [-0.2, -0.15) is 0 Å². The van der Waals surface area contributed by atoms with Crippen molar-refractivity contribution in [1.82, 2.24) is 5.32 Å². The van der Waals surface area contributed by atoms with Crippen LogP contribution in [0.4, 0.5) is 10.5 Å². The molecule has 1 aromatic rings. The number of imide groups is 1. The highest BCUT2D eigenvalue weighted by Crippen LogP contribution is 2.13. The van der Waals surface area contributed by atoms with Crippen molar-refractivity contribution in [3.63, 3.8) is 0 Å². The van der Waals surface area contributed by atoms with Crippen LogP contribution in [0.25, 0.3) is 0 Å². The topological polar surface area (TPSA) is 88.9 Å². The van der Waals surface area contributed by atoms with Crippen molar-refractivity contribution < 1.29 is 24.0 Å². The van der Waals surface area contributed by atoms with E-state index in [4.69, 9.17) is 4.74 Å². The molecule has 0 radical (unpaired) electrons. The van der Waals surface area contributed by atoms with E-state index >= 15 is 0 Å². The molecular weight excluding hydrogens is 334 g/mol. The SMILES string of the molecule is CCOC(=O)[C@@H]1CCC[NH+](CC(=O)NC(=O)Nc2ccc(C)c(C)c2)C1. The number of carbonyl (C=O) groups is 3. The zero-order valence-corrected chi connectivity index (χ0v) is 15.7. The van der Waals surface area contributed by atoms with Crippen molar-refractivity contribution in [2.75, 3.05) is 31.6 Å². The second-order valence-corrected chi connectivity index (χ2v) is 6.77. The summed E-state index contributed by atoms with van der Waals surface area (Å²) in [6.45, 7) is 7.64. The zero-order valence-electron chi connectivity index (χ0n) is 15.7. The molecule has 2 atom stereocenters. The van der Waals surface area contributed by atoms with E-state index in [0.717, 1.165) is 35.4 Å². The summed E-state index contributed by atoms with van der Waals surface area (Å²) in [5, 5.41) is 5.02. The van der Waals surface area contributed by atoms with Crippen molar-refractivity contribution in [2.45, 2.75) is 33.6 Å². The largest absolute Gasteiger partial charge is 0.466 e. The Labute approximate surface area is 154 Å². The Morgan fingerprint density at radius 1 is 1.23 bits per heavy atom. The van der Waals surface area contributed by atoms with Crippen molar-refractivity contribution in [1.29, 1.82) is 0 Å². The summed E-state index contributed by atoms with van der Waals surface area (Å²) in [5.41, 5.74) is 2.85. The maximum Gasteiger partial charge on any atom is 0.326 e. The molecule has 1 fully saturated rings. The minimum atomic E-state index is -0.545. The van der Waals surface area contributed by atoms with Crippen molar-refractivity contribution >= 4 is 23.6 Å². The minimum absolute atomic E-state index is 0.163. The number of hydrogen-bond donors (Lipinski definition) is 3. The number of piperidine rings is 1. The lowest BCUT2D eigenvalue weighted by atomic mass is 9.98. The third-order valence-corrected chi connectivity index (χ3v) is 4.67. The lowest BCUT2D eigenvalue weighted by Gasteiger charge is -2.28. The number of quaternary nitrogens is 1. The summed E-state index contributed by atoms with van der Waals surface area (Å²) >= 11 is 0. The third-order valence-electron chi connectivity index (χ3n) is 4.67. The molecule has 26 heavy (non-hydrogen) atoms. The van der Waals surface area contributed by atoms with E-state index in [1.54, 1.807) is 13.0 Å². The quantitative estimate of drug-likeness (QED) is 0.677. The first kappa shape index (κ1) is 19.9. The number of urea groups is 1. The van der Waals surface area contributed by atoms with Gasteiger partial charge in [0, 0.05) is 5.69 Å². The van der Waals surface area contributed by atoms with E-state index < -0.39 is 6.03 Å². The van der Waals surface area contributed by atoms with Crippen LogP contribution in [-0.4, -0.2) is 44.1 Å².